The number of nitrogens with zero attached hydrogens (tertiary/aromatic N) is 2. The number of nitrogens with one attached hydrogen (secondary N) is 2. The molecule has 1 heterocycles. The Morgan fingerprint density at radius 1 is 1.08 bits per heavy atom. The lowest BCUT2D eigenvalue weighted by Crippen LogP contribution is -2.41. The van der Waals surface area contributed by atoms with Gasteiger partial charge >= 0.3 is 0 Å². The third-order valence-electron chi connectivity index (χ3n) is 4.48. The number of likely N-dealkylation sites (N-methyl/N-ethyl adjacent to an activating group) is 1. The second kappa shape index (κ2) is 7.66. The van der Waals surface area contributed by atoms with E-state index in [2.05, 4.69) is 58.9 Å². The van der Waals surface area contributed by atoms with Crippen LogP contribution in [0, 0.1) is 0 Å². The van der Waals surface area contributed by atoms with Crippen molar-refractivity contribution in [2.75, 3.05) is 26.0 Å². The molecule has 1 atom stereocenters. The van der Waals surface area contributed by atoms with Gasteiger partial charge in [-0.3, -0.25) is 0 Å². The molecular weight excluding hydrogens is 328 g/mol. The van der Waals surface area contributed by atoms with Gasteiger partial charge < -0.3 is 15.5 Å². The highest BCUT2D eigenvalue weighted by Gasteiger charge is 2.15. The van der Waals surface area contributed by atoms with E-state index in [1.165, 1.54) is 0 Å². The summed E-state index contributed by atoms with van der Waals surface area (Å²) >= 11 is 5.34. The molecule has 0 amide bonds. The molecule has 3 aromatic rings. The van der Waals surface area contributed by atoms with E-state index < -0.39 is 0 Å². The van der Waals surface area contributed by atoms with Gasteiger partial charge in [0, 0.05) is 37.5 Å². The van der Waals surface area contributed by atoms with Crippen molar-refractivity contribution in [1.82, 2.24) is 15.2 Å². The van der Waals surface area contributed by atoms with Gasteiger partial charge in [-0.15, -0.1) is 0 Å². The maximum atomic E-state index is 5.34. The standard InChI is InChI=1S/C20H24N4S/c1-4-14(13-24(3)20(25)21-2)22-19-15-9-5-7-11-17(15)23-18-12-8-6-10-16(18)19/h5-12,14H,4,13H2,1-3H3,(H,21,25)(H,22,23). The number of thiocarbonyl (C=S) groups is 1. The van der Waals surface area contributed by atoms with Crippen LogP contribution < -0.4 is 10.6 Å². The molecule has 0 spiro atoms. The predicted octanol–water partition coefficient (Wildman–Crippen LogP) is 4.01. The highest BCUT2D eigenvalue weighted by Crippen LogP contribution is 2.31. The van der Waals surface area contributed by atoms with E-state index in [1.807, 2.05) is 26.2 Å². The van der Waals surface area contributed by atoms with Crippen LogP contribution in [0.1, 0.15) is 13.3 Å². The zero-order chi connectivity index (χ0) is 17.8. The number of hydrogen-bond acceptors (Lipinski definition) is 3. The maximum Gasteiger partial charge on any atom is 0.168 e. The molecule has 0 aliphatic rings. The molecule has 0 radical (unpaired) electrons. The second-order valence-electron chi connectivity index (χ2n) is 6.21. The normalized spacial score (nSPS) is 12.1. The van der Waals surface area contributed by atoms with E-state index in [1.54, 1.807) is 0 Å². The van der Waals surface area contributed by atoms with Crippen LogP contribution in [0.15, 0.2) is 48.5 Å². The Hall–Kier alpha value is -2.40. The van der Waals surface area contributed by atoms with Crippen LogP contribution >= 0.6 is 12.2 Å². The summed E-state index contributed by atoms with van der Waals surface area (Å²) in [5.74, 6) is 0. The fourth-order valence-corrected chi connectivity index (χ4v) is 3.16. The van der Waals surface area contributed by atoms with E-state index in [9.17, 15) is 0 Å². The van der Waals surface area contributed by atoms with Crippen molar-refractivity contribution in [1.29, 1.82) is 0 Å². The maximum absolute atomic E-state index is 5.34. The lowest BCUT2D eigenvalue weighted by atomic mass is 10.1. The van der Waals surface area contributed by atoms with E-state index in [0.717, 1.165) is 45.6 Å². The summed E-state index contributed by atoms with van der Waals surface area (Å²) in [6, 6.07) is 16.9. The molecule has 0 aliphatic heterocycles. The number of anilines is 1. The number of rotatable bonds is 5. The van der Waals surface area contributed by atoms with Crippen LogP contribution in [0.5, 0.6) is 0 Å². The largest absolute Gasteiger partial charge is 0.379 e. The molecule has 1 unspecified atom stereocenters. The first-order valence-corrected chi connectivity index (χ1v) is 9.01. The average molecular weight is 353 g/mol. The molecule has 130 valence electrons. The minimum Gasteiger partial charge on any atom is -0.379 e. The molecular formula is C20H24N4S. The number of fused-ring (bicyclic) bond motifs is 2. The van der Waals surface area contributed by atoms with Gasteiger partial charge in [-0.1, -0.05) is 43.3 Å². The Morgan fingerprint density at radius 2 is 1.64 bits per heavy atom. The fraction of sp³-hybridized carbons (Fsp3) is 0.300. The van der Waals surface area contributed by atoms with Crippen molar-refractivity contribution < 1.29 is 0 Å². The minimum atomic E-state index is 0.283. The quantitative estimate of drug-likeness (QED) is 0.536. The molecule has 3 rings (SSSR count). The van der Waals surface area contributed by atoms with E-state index in [0.29, 0.717) is 0 Å². The third kappa shape index (κ3) is 3.66. The van der Waals surface area contributed by atoms with Crippen molar-refractivity contribution in [2.45, 2.75) is 19.4 Å². The summed E-state index contributed by atoms with van der Waals surface area (Å²) in [6.45, 7) is 3.03. The number of benzene rings is 2. The van der Waals surface area contributed by atoms with Gasteiger partial charge in [0.2, 0.25) is 0 Å². The van der Waals surface area contributed by atoms with Crippen molar-refractivity contribution in [3.05, 3.63) is 48.5 Å². The van der Waals surface area contributed by atoms with E-state index >= 15 is 0 Å². The molecule has 2 N–H and O–H groups in total. The minimum absolute atomic E-state index is 0.283. The first-order valence-electron chi connectivity index (χ1n) is 8.61. The summed E-state index contributed by atoms with van der Waals surface area (Å²) in [6.07, 6.45) is 1.00. The first kappa shape index (κ1) is 17.4. The van der Waals surface area contributed by atoms with Crippen LogP contribution in [-0.4, -0.2) is 41.7 Å². The van der Waals surface area contributed by atoms with Crippen LogP contribution in [0.3, 0.4) is 0 Å². The smallest absolute Gasteiger partial charge is 0.168 e. The van der Waals surface area contributed by atoms with Gasteiger partial charge in [-0.2, -0.15) is 0 Å². The Kier molecular flexibility index (Phi) is 5.34. The number of pyridine rings is 1. The molecule has 0 bridgehead atoms. The summed E-state index contributed by atoms with van der Waals surface area (Å²) in [5.41, 5.74) is 3.17. The molecule has 0 aliphatic carbocycles. The van der Waals surface area contributed by atoms with Crippen LogP contribution in [0.4, 0.5) is 5.69 Å². The number of aromatic nitrogens is 1. The lowest BCUT2D eigenvalue weighted by molar-refractivity contribution is 0.452. The monoisotopic (exact) mass is 352 g/mol. The second-order valence-corrected chi connectivity index (χ2v) is 6.59. The Balaban J connectivity index is 2.01. The fourth-order valence-electron chi connectivity index (χ4n) is 3.08. The summed E-state index contributed by atoms with van der Waals surface area (Å²) in [7, 11) is 3.88. The number of para-hydroxylation sites is 2. The summed E-state index contributed by atoms with van der Waals surface area (Å²) in [5, 5.41) is 9.85. The molecule has 0 saturated carbocycles. The summed E-state index contributed by atoms with van der Waals surface area (Å²) in [4.78, 5) is 6.86. The summed E-state index contributed by atoms with van der Waals surface area (Å²) < 4.78 is 0. The zero-order valence-corrected chi connectivity index (χ0v) is 15.7. The molecule has 1 aromatic heterocycles. The van der Waals surface area contributed by atoms with Gasteiger partial charge in [-0.25, -0.2) is 4.98 Å². The lowest BCUT2D eigenvalue weighted by Gasteiger charge is -2.27. The van der Waals surface area contributed by atoms with Gasteiger partial charge in [0.25, 0.3) is 0 Å². The van der Waals surface area contributed by atoms with Crippen LogP contribution in [-0.2, 0) is 0 Å². The van der Waals surface area contributed by atoms with Crippen molar-refractivity contribution >= 4 is 44.8 Å². The van der Waals surface area contributed by atoms with E-state index in [-0.39, 0.29) is 6.04 Å². The topological polar surface area (TPSA) is 40.2 Å². The third-order valence-corrected chi connectivity index (χ3v) is 5.00. The zero-order valence-electron chi connectivity index (χ0n) is 14.9. The predicted molar refractivity (Wildman–Crippen MR) is 111 cm³/mol. The van der Waals surface area contributed by atoms with Gasteiger partial charge in [-0.05, 0) is 30.8 Å². The highest BCUT2D eigenvalue weighted by molar-refractivity contribution is 7.80. The van der Waals surface area contributed by atoms with Gasteiger partial charge in [0.15, 0.2) is 5.11 Å². The van der Waals surface area contributed by atoms with Crippen molar-refractivity contribution in [3.63, 3.8) is 0 Å². The van der Waals surface area contributed by atoms with E-state index in [4.69, 9.17) is 17.2 Å². The van der Waals surface area contributed by atoms with Gasteiger partial charge in [0.05, 0.1) is 16.7 Å². The molecule has 25 heavy (non-hydrogen) atoms. The molecule has 4 nitrogen and oxygen atoms in total. The Morgan fingerprint density at radius 3 is 2.16 bits per heavy atom. The molecule has 0 saturated heterocycles. The van der Waals surface area contributed by atoms with Crippen LogP contribution in [0.2, 0.25) is 0 Å². The SMILES string of the molecule is CCC(CN(C)C(=S)NC)Nc1c2ccccc2nc2ccccc12. The Bertz CT molecular complexity index is 839. The molecule has 5 heteroatoms. The first-order chi connectivity index (χ1) is 12.1. The van der Waals surface area contributed by atoms with Crippen LogP contribution in [0.25, 0.3) is 21.8 Å². The van der Waals surface area contributed by atoms with Gasteiger partial charge in [0.1, 0.15) is 0 Å². The van der Waals surface area contributed by atoms with Crippen molar-refractivity contribution in [2.24, 2.45) is 0 Å². The average Bonchev–Trinajstić information content (AvgIpc) is 2.66. The molecule has 0 fully saturated rings. The molecule has 2 aromatic carbocycles. The highest BCUT2D eigenvalue weighted by atomic mass is 32.1. The number of hydrogen-bond donors (Lipinski definition) is 2. The Labute approximate surface area is 154 Å². The van der Waals surface area contributed by atoms with Crippen molar-refractivity contribution in [3.8, 4) is 0 Å².